The van der Waals surface area contributed by atoms with Crippen LogP contribution in [-0.2, 0) is 0 Å². The first-order valence-corrected chi connectivity index (χ1v) is 5.00. The summed E-state index contributed by atoms with van der Waals surface area (Å²) in [5.74, 6) is 0. The molecule has 0 aliphatic rings. The average Bonchev–Trinajstić information content (AvgIpc) is 2.34. The molecule has 1 rings (SSSR count). The van der Waals surface area contributed by atoms with Gasteiger partial charge in [0.15, 0.2) is 0 Å². The lowest BCUT2D eigenvalue weighted by Gasteiger charge is -2.01. The monoisotopic (exact) mass is 268 g/mol. The van der Waals surface area contributed by atoms with Gasteiger partial charge in [0, 0.05) is 0 Å². The number of hydrogen-bond acceptors (Lipinski definition) is 3. The minimum atomic E-state index is 0.133. The van der Waals surface area contributed by atoms with E-state index < -0.39 is 0 Å². The van der Waals surface area contributed by atoms with Crippen LogP contribution < -0.4 is 5.73 Å². The maximum absolute atomic E-state index is 5.75. The maximum atomic E-state index is 5.75. The molecule has 1 atom stereocenters. The van der Waals surface area contributed by atoms with Crippen molar-refractivity contribution in [3.8, 4) is 0 Å². The largest absolute Gasteiger partial charge is 0.322 e. The van der Waals surface area contributed by atoms with Crippen LogP contribution in [0.1, 0.15) is 24.4 Å². The van der Waals surface area contributed by atoms with Crippen molar-refractivity contribution in [2.24, 2.45) is 5.73 Å². The molecule has 4 heteroatoms. The Bertz CT molecular complexity index is 211. The topological polar surface area (TPSA) is 38.9 Å². The predicted octanol–water partition coefficient (Wildman–Crippen LogP) is 2.16. The lowest BCUT2D eigenvalue weighted by atomic mass is 10.3. The number of halogens is 1. The predicted molar refractivity (Wildman–Crippen MR) is 52.1 cm³/mol. The quantitative estimate of drug-likeness (QED) is 0.835. The Balaban J connectivity index is 2.74. The van der Waals surface area contributed by atoms with Crippen molar-refractivity contribution in [1.82, 2.24) is 4.98 Å². The van der Waals surface area contributed by atoms with Crippen LogP contribution >= 0.6 is 33.9 Å². The fourth-order valence-corrected chi connectivity index (χ4v) is 2.16. The molecule has 0 aliphatic carbocycles. The van der Waals surface area contributed by atoms with Crippen LogP contribution in [0.3, 0.4) is 0 Å². The molecule has 0 aromatic carbocycles. The highest BCUT2D eigenvalue weighted by Crippen LogP contribution is 2.21. The third-order valence-electron chi connectivity index (χ3n) is 1.25. The van der Waals surface area contributed by atoms with Crippen LogP contribution in [0.4, 0.5) is 0 Å². The highest BCUT2D eigenvalue weighted by Gasteiger charge is 2.06. The molecule has 10 heavy (non-hydrogen) atoms. The molecule has 2 nitrogen and oxygen atoms in total. The molecular formula is C6H9IN2S. The van der Waals surface area contributed by atoms with Gasteiger partial charge in [-0.1, -0.05) is 6.92 Å². The first kappa shape index (κ1) is 8.42. The van der Waals surface area contributed by atoms with Crippen molar-refractivity contribution in [2.45, 2.75) is 19.4 Å². The third kappa shape index (κ3) is 1.90. The molecule has 0 saturated carbocycles. The van der Waals surface area contributed by atoms with Gasteiger partial charge < -0.3 is 5.73 Å². The minimum Gasteiger partial charge on any atom is -0.322 e. The first-order chi connectivity index (χ1) is 4.74. The smallest absolute Gasteiger partial charge is 0.110 e. The first-order valence-electron chi connectivity index (χ1n) is 3.11. The van der Waals surface area contributed by atoms with Gasteiger partial charge in [0.25, 0.3) is 0 Å². The van der Waals surface area contributed by atoms with Crippen molar-refractivity contribution in [1.29, 1.82) is 0 Å². The fraction of sp³-hybridized carbons (Fsp3) is 0.500. The SMILES string of the molecule is CCC(N)c1ncc(I)s1. The second-order valence-electron chi connectivity index (χ2n) is 2.02. The van der Waals surface area contributed by atoms with Gasteiger partial charge in [-0.3, -0.25) is 0 Å². The molecule has 0 saturated heterocycles. The summed E-state index contributed by atoms with van der Waals surface area (Å²) >= 11 is 3.92. The van der Waals surface area contributed by atoms with Gasteiger partial charge in [-0.15, -0.1) is 11.3 Å². The summed E-state index contributed by atoms with van der Waals surface area (Å²) in [5.41, 5.74) is 5.75. The van der Waals surface area contributed by atoms with E-state index in [2.05, 4.69) is 34.5 Å². The average molecular weight is 268 g/mol. The number of aromatic nitrogens is 1. The number of nitrogens with zero attached hydrogens (tertiary/aromatic N) is 1. The number of nitrogens with two attached hydrogens (primary N) is 1. The van der Waals surface area contributed by atoms with E-state index in [1.54, 1.807) is 11.3 Å². The van der Waals surface area contributed by atoms with E-state index >= 15 is 0 Å². The van der Waals surface area contributed by atoms with Crippen molar-refractivity contribution >= 4 is 33.9 Å². The van der Waals surface area contributed by atoms with Crippen LogP contribution in [0, 0.1) is 2.88 Å². The van der Waals surface area contributed by atoms with Gasteiger partial charge >= 0.3 is 0 Å². The lowest BCUT2D eigenvalue weighted by Crippen LogP contribution is -2.07. The Kier molecular flexibility index (Phi) is 3.06. The molecule has 0 amide bonds. The second kappa shape index (κ2) is 3.64. The van der Waals surface area contributed by atoms with E-state index in [-0.39, 0.29) is 6.04 Å². The normalized spacial score (nSPS) is 13.5. The molecule has 1 aromatic rings. The number of hydrogen-bond donors (Lipinski definition) is 1. The molecule has 56 valence electrons. The van der Waals surface area contributed by atoms with Gasteiger partial charge in [-0.2, -0.15) is 0 Å². The van der Waals surface area contributed by atoms with E-state index in [9.17, 15) is 0 Å². The Hall–Kier alpha value is 0.320. The highest BCUT2D eigenvalue weighted by atomic mass is 127. The zero-order chi connectivity index (χ0) is 7.56. The van der Waals surface area contributed by atoms with Crippen molar-refractivity contribution < 1.29 is 0 Å². The summed E-state index contributed by atoms with van der Waals surface area (Å²) in [6, 6.07) is 0.133. The van der Waals surface area contributed by atoms with Crippen molar-refractivity contribution in [3.63, 3.8) is 0 Å². The summed E-state index contributed by atoms with van der Waals surface area (Å²) in [7, 11) is 0. The van der Waals surface area contributed by atoms with E-state index in [0.29, 0.717) is 0 Å². The summed E-state index contributed by atoms with van der Waals surface area (Å²) in [5, 5.41) is 1.05. The maximum Gasteiger partial charge on any atom is 0.110 e. The Morgan fingerprint density at radius 2 is 2.60 bits per heavy atom. The van der Waals surface area contributed by atoms with Crippen molar-refractivity contribution in [2.75, 3.05) is 0 Å². The fourth-order valence-electron chi connectivity index (χ4n) is 0.613. The van der Waals surface area contributed by atoms with Gasteiger partial charge in [0.05, 0.1) is 15.1 Å². The van der Waals surface area contributed by atoms with Crippen molar-refractivity contribution in [3.05, 3.63) is 14.1 Å². The minimum absolute atomic E-state index is 0.133. The summed E-state index contributed by atoms with van der Waals surface area (Å²) in [4.78, 5) is 4.17. The molecule has 1 aromatic heterocycles. The molecule has 0 radical (unpaired) electrons. The molecule has 0 aliphatic heterocycles. The summed E-state index contributed by atoms with van der Waals surface area (Å²) in [6.45, 7) is 2.07. The zero-order valence-electron chi connectivity index (χ0n) is 5.67. The number of rotatable bonds is 2. The standard InChI is InChI=1S/C6H9IN2S/c1-2-4(8)6-9-3-5(7)10-6/h3-4H,2,8H2,1H3. The van der Waals surface area contributed by atoms with E-state index in [4.69, 9.17) is 5.73 Å². The van der Waals surface area contributed by atoms with Crippen LogP contribution in [0.15, 0.2) is 6.20 Å². The molecular weight excluding hydrogens is 259 g/mol. The van der Waals surface area contributed by atoms with Gasteiger partial charge in [0.1, 0.15) is 5.01 Å². The van der Waals surface area contributed by atoms with Crippen LogP contribution in [0.5, 0.6) is 0 Å². The van der Waals surface area contributed by atoms with Crippen LogP contribution in [0.2, 0.25) is 0 Å². The van der Waals surface area contributed by atoms with E-state index in [0.717, 1.165) is 11.4 Å². The zero-order valence-corrected chi connectivity index (χ0v) is 8.65. The molecule has 0 fully saturated rings. The molecule has 0 bridgehead atoms. The molecule has 0 spiro atoms. The summed E-state index contributed by atoms with van der Waals surface area (Å²) < 4.78 is 1.21. The Morgan fingerprint density at radius 1 is 1.90 bits per heavy atom. The lowest BCUT2D eigenvalue weighted by molar-refractivity contribution is 0.692. The Morgan fingerprint density at radius 3 is 3.00 bits per heavy atom. The Labute approximate surface area is 78.0 Å². The molecule has 2 N–H and O–H groups in total. The van der Waals surface area contributed by atoms with E-state index in [1.807, 2.05) is 6.20 Å². The molecule has 1 unspecified atom stereocenters. The second-order valence-corrected chi connectivity index (χ2v) is 4.97. The molecule has 1 heterocycles. The van der Waals surface area contributed by atoms with Gasteiger partial charge in [-0.05, 0) is 29.0 Å². The van der Waals surface area contributed by atoms with Crippen LogP contribution in [0.25, 0.3) is 0 Å². The van der Waals surface area contributed by atoms with Gasteiger partial charge in [-0.25, -0.2) is 4.98 Å². The highest BCUT2D eigenvalue weighted by molar-refractivity contribution is 14.1. The van der Waals surface area contributed by atoms with E-state index in [1.165, 1.54) is 2.88 Å². The van der Waals surface area contributed by atoms with Crippen LogP contribution in [-0.4, -0.2) is 4.98 Å². The third-order valence-corrected chi connectivity index (χ3v) is 3.11. The number of thiazole rings is 1. The van der Waals surface area contributed by atoms with Gasteiger partial charge in [0.2, 0.25) is 0 Å². The summed E-state index contributed by atoms with van der Waals surface area (Å²) in [6.07, 6.45) is 2.82.